The standard InChI is InChI=1S/C23H30F2N2O2/c1-15(28)27-21(11-17-9-19(24)12-20(25)10-17)22(29)14-26-13-16-6-5-7-18(8-16)23(2,3)4/h5-10,12,21-22,26,29H,11,13-14H2,1-4H3,(H,27,28)/t21-,22+/m0/s1. The molecule has 2 aromatic rings. The quantitative estimate of drug-likeness (QED) is 0.632. The van der Waals surface area contributed by atoms with Gasteiger partial charge < -0.3 is 15.7 Å². The third-order valence-electron chi connectivity index (χ3n) is 4.71. The number of hydrogen-bond donors (Lipinski definition) is 3. The van der Waals surface area contributed by atoms with E-state index in [4.69, 9.17) is 0 Å². The van der Waals surface area contributed by atoms with Crippen molar-refractivity contribution in [2.75, 3.05) is 6.54 Å². The van der Waals surface area contributed by atoms with Crippen molar-refractivity contribution in [3.8, 4) is 0 Å². The minimum absolute atomic E-state index is 0.0479. The summed E-state index contributed by atoms with van der Waals surface area (Å²) in [6.45, 7) is 8.58. The number of aliphatic hydroxyl groups excluding tert-OH is 1. The van der Waals surface area contributed by atoms with E-state index in [9.17, 15) is 18.7 Å². The first-order valence-corrected chi connectivity index (χ1v) is 9.75. The van der Waals surface area contributed by atoms with Gasteiger partial charge in [0.2, 0.25) is 5.91 Å². The Hall–Kier alpha value is -2.31. The van der Waals surface area contributed by atoms with Crippen molar-refractivity contribution >= 4 is 5.91 Å². The number of aliphatic hydroxyl groups is 1. The smallest absolute Gasteiger partial charge is 0.217 e. The summed E-state index contributed by atoms with van der Waals surface area (Å²) in [5.74, 6) is -1.69. The van der Waals surface area contributed by atoms with Gasteiger partial charge in [0, 0.05) is 26.1 Å². The third-order valence-corrected chi connectivity index (χ3v) is 4.71. The molecular formula is C23H30F2N2O2. The molecule has 0 heterocycles. The largest absolute Gasteiger partial charge is 0.390 e. The normalized spacial score (nSPS) is 13.8. The lowest BCUT2D eigenvalue weighted by Crippen LogP contribution is -2.48. The lowest BCUT2D eigenvalue weighted by atomic mass is 9.86. The Labute approximate surface area is 171 Å². The van der Waals surface area contributed by atoms with Gasteiger partial charge in [-0.1, -0.05) is 45.0 Å². The predicted octanol–water partition coefficient (Wildman–Crippen LogP) is 3.46. The van der Waals surface area contributed by atoms with Gasteiger partial charge in [-0.15, -0.1) is 0 Å². The van der Waals surface area contributed by atoms with Gasteiger partial charge >= 0.3 is 0 Å². The van der Waals surface area contributed by atoms with E-state index in [2.05, 4.69) is 43.5 Å². The molecule has 0 aliphatic heterocycles. The van der Waals surface area contributed by atoms with Crippen LogP contribution >= 0.6 is 0 Å². The Morgan fingerprint density at radius 1 is 1.07 bits per heavy atom. The van der Waals surface area contributed by atoms with Gasteiger partial charge in [0.05, 0.1) is 12.1 Å². The zero-order valence-electron chi connectivity index (χ0n) is 17.4. The van der Waals surface area contributed by atoms with E-state index in [0.717, 1.165) is 11.6 Å². The number of halogens is 2. The van der Waals surface area contributed by atoms with Crippen molar-refractivity contribution in [1.29, 1.82) is 0 Å². The van der Waals surface area contributed by atoms with Crippen molar-refractivity contribution in [3.05, 3.63) is 70.8 Å². The van der Waals surface area contributed by atoms with E-state index >= 15 is 0 Å². The highest BCUT2D eigenvalue weighted by Gasteiger charge is 2.21. The van der Waals surface area contributed by atoms with E-state index in [1.165, 1.54) is 24.6 Å². The van der Waals surface area contributed by atoms with Crippen molar-refractivity contribution in [1.82, 2.24) is 10.6 Å². The van der Waals surface area contributed by atoms with Crippen LogP contribution in [0.1, 0.15) is 44.4 Å². The molecule has 0 aromatic heterocycles. The van der Waals surface area contributed by atoms with E-state index in [0.29, 0.717) is 12.1 Å². The maximum Gasteiger partial charge on any atom is 0.217 e. The van der Waals surface area contributed by atoms with Crippen molar-refractivity contribution in [3.63, 3.8) is 0 Å². The van der Waals surface area contributed by atoms with Crippen LogP contribution in [0.3, 0.4) is 0 Å². The van der Waals surface area contributed by atoms with Gasteiger partial charge in [-0.25, -0.2) is 8.78 Å². The molecule has 4 nitrogen and oxygen atoms in total. The van der Waals surface area contributed by atoms with Gasteiger partial charge in [-0.3, -0.25) is 4.79 Å². The summed E-state index contributed by atoms with van der Waals surface area (Å²) in [4.78, 5) is 11.5. The third kappa shape index (κ3) is 7.55. The summed E-state index contributed by atoms with van der Waals surface area (Å²) in [5.41, 5.74) is 2.74. The lowest BCUT2D eigenvalue weighted by Gasteiger charge is -2.24. The fourth-order valence-electron chi connectivity index (χ4n) is 3.18. The molecule has 0 aliphatic carbocycles. The molecule has 29 heavy (non-hydrogen) atoms. The molecule has 0 unspecified atom stereocenters. The van der Waals surface area contributed by atoms with E-state index in [1.807, 2.05) is 12.1 Å². The fourth-order valence-corrected chi connectivity index (χ4v) is 3.18. The minimum atomic E-state index is -0.920. The number of nitrogens with one attached hydrogen (secondary N) is 2. The minimum Gasteiger partial charge on any atom is -0.390 e. The number of hydrogen-bond acceptors (Lipinski definition) is 3. The van der Waals surface area contributed by atoms with Gasteiger partial charge in [0.1, 0.15) is 11.6 Å². The number of amides is 1. The maximum absolute atomic E-state index is 13.4. The van der Waals surface area contributed by atoms with Gasteiger partial charge in [-0.05, 0) is 40.7 Å². The molecule has 0 fully saturated rings. The highest BCUT2D eigenvalue weighted by atomic mass is 19.1. The molecule has 2 aromatic carbocycles. The Balaban J connectivity index is 1.99. The predicted molar refractivity (Wildman–Crippen MR) is 111 cm³/mol. The monoisotopic (exact) mass is 404 g/mol. The molecule has 158 valence electrons. The summed E-state index contributed by atoms with van der Waals surface area (Å²) in [6.07, 6.45) is -0.799. The molecule has 0 aliphatic rings. The van der Waals surface area contributed by atoms with Crippen LogP contribution in [-0.2, 0) is 23.2 Å². The van der Waals surface area contributed by atoms with E-state index in [1.54, 1.807) is 0 Å². The van der Waals surface area contributed by atoms with Gasteiger partial charge in [0.15, 0.2) is 0 Å². The van der Waals surface area contributed by atoms with Crippen LogP contribution in [0.15, 0.2) is 42.5 Å². The second kappa shape index (κ2) is 9.94. The van der Waals surface area contributed by atoms with Crippen LogP contribution in [0.25, 0.3) is 0 Å². The Morgan fingerprint density at radius 2 is 1.72 bits per heavy atom. The zero-order chi connectivity index (χ0) is 21.6. The molecule has 0 saturated carbocycles. The lowest BCUT2D eigenvalue weighted by molar-refractivity contribution is -0.120. The van der Waals surface area contributed by atoms with Crippen molar-refractivity contribution < 1.29 is 18.7 Å². The summed E-state index contributed by atoms with van der Waals surface area (Å²) in [7, 11) is 0. The molecule has 0 radical (unpaired) electrons. The molecule has 3 N–H and O–H groups in total. The average molecular weight is 405 g/mol. The fraction of sp³-hybridized carbons (Fsp3) is 0.435. The van der Waals surface area contributed by atoms with Crippen LogP contribution in [0.2, 0.25) is 0 Å². The van der Waals surface area contributed by atoms with Crippen molar-refractivity contribution in [2.24, 2.45) is 0 Å². The first kappa shape index (κ1) is 23.0. The first-order chi connectivity index (χ1) is 13.5. The highest BCUT2D eigenvalue weighted by molar-refractivity contribution is 5.73. The average Bonchev–Trinajstić information content (AvgIpc) is 2.59. The SMILES string of the molecule is CC(=O)N[C@@H](Cc1cc(F)cc(F)c1)[C@H](O)CNCc1cccc(C(C)(C)C)c1. The Morgan fingerprint density at radius 3 is 2.31 bits per heavy atom. The Kier molecular flexibility index (Phi) is 7.88. The molecule has 0 saturated heterocycles. The van der Waals surface area contributed by atoms with E-state index in [-0.39, 0.29) is 24.3 Å². The molecule has 1 amide bonds. The van der Waals surface area contributed by atoms with Crippen molar-refractivity contribution in [2.45, 2.75) is 58.2 Å². The molecule has 6 heteroatoms. The van der Waals surface area contributed by atoms with Gasteiger partial charge in [0.25, 0.3) is 0 Å². The van der Waals surface area contributed by atoms with Crippen LogP contribution in [0.5, 0.6) is 0 Å². The Bertz CT molecular complexity index is 814. The molecule has 2 atom stereocenters. The van der Waals surface area contributed by atoms with Crippen LogP contribution < -0.4 is 10.6 Å². The zero-order valence-corrected chi connectivity index (χ0v) is 17.4. The summed E-state index contributed by atoms with van der Waals surface area (Å²) in [6, 6.07) is 10.8. The number of benzene rings is 2. The first-order valence-electron chi connectivity index (χ1n) is 9.75. The molecule has 2 rings (SSSR count). The maximum atomic E-state index is 13.4. The van der Waals surface area contributed by atoms with Crippen LogP contribution in [0.4, 0.5) is 8.78 Å². The second-order valence-corrected chi connectivity index (χ2v) is 8.44. The second-order valence-electron chi connectivity index (χ2n) is 8.44. The van der Waals surface area contributed by atoms with E-state index < -0.39 is 23.8 Å². The summed E-state index contributed by atoms with van der Waals surface area (Å²) in [5, 5.41) is 16.4. The molecule has 0 spiro atoms. The highest BCUT2D eigenvalue weighted by Crippen LogP contribution is 2.22. The van der Waals surface area contributed by atoms with Gasteiger partial charge in [-0.2, -0.15) is 0 Å². The number of carbonyl (C=O) groups is 1. The van der Waals surface area contributed by atoms with Crippen LogP contribution in [0, 0.1) is 11.6 Å². The number of rotatable bonds is 8. The summed E-state index contributed by atoms with van der Waals surface area (Å²) >= 11 is 0. The number of carbonyl (C=O) groups excluding carboxylic acids is 1. The molecule has 0 bridgehead atoms. The summed E-state index contributed by atoms with van der Waals surface area (Å²) < 4.78 is 26.9. The van der Waals surface area contributed by atoms with Crippen LogP contribution in [-0.4, -0.2) is 29.7 Å². The topological polar surface area (TPSA) is 61.4 Å². The molecular weight excluding hydrogens is 374 g/mol.